The van der Waals surface area contributed by atoms with Crippen molar-refractivity contribution in [1.29, 1.82) is 0 Å². The Kier molecular flexibility index (Phi) is 8.11. The van der Waals surface area contributed by atoms with Crippen molar-refractivity contribution in [2.24, 2.45) is 5.92 Å². The molecule has 0 fully saturated rings. The van der Waals surface area contributed by atoms with Crippen molar-refractivity contribution >= 4 is 11.9 Å². The fourth-order valence-corrected chi connectivity index (χ4v) is 1.73. The molecular formula is C15H23F5O4. The maximum absolute atomic E-state index is 12.8. The monoisotopic (exact) mass is 362 g/mol. The van der Waals surface area contributed by atoms with Crippen molar-refractivity contribution in [1.82, 2.24) is 0 Å². The van der Waals surface area contributed by atoms with E-state index >= 15 is 0 Å². The summed E-state index contributed by atoms with van der Waals surface area (Å²) in [5, 5.41) is 0. The number of carbonyl (C=O) groups excluding carboxylic acids is 2. The summed E-state index contributed by atoms with van der Waals surface area (Å²) < 4.78 is 71.0. The highest BCUT2D eigenvalue weighted by molar-refractivity contribution is 5.74. The summed E-state index contributed by atoms with van der Waals surface area (Å²) in [4.78, 5) is 23.6. The fourth-order valence-electron chi connectivity index (χ4n) is 1.73. The van der Waals surface area contributed by atoms with E-state index in [1.165, 1.54) is 0 Å². The Morgan fingerprint density at radius 2 is 1.50 bits per heavy atom. The van der Waals surface area contributed by atoms with E-state index in [0.717, 1.165) is 0 Å². The van der Waals surface area contributed by atoms with Crippen LogP contribution in [0, 0.1) is 5.92 Å². The second-order valence-electron chi connectivity index (χ2n) is 5.66. The van der Waals surface area contributed by atoms with Crippen LogP contribution in [0.15, 0.2) is 0 Å². The van der Waals surface area contributed by atoms with Gasteiger partial charge in [-0.2, -0.15) is 22.0 Å². The standard InChI is InChI=1S/C15H23F5O4/c1-5-10(4)12(22)24-13(6-2,7-3)8-11(21)23-9-14(16,17)15(18,19)20/h10H,5-9H2,1-4H3. The van der Waals surface area contributed by atoms with E-state index < -0.39 is 48.6 Å². The minimum Gasteiger partial charge on any atom is -0.459 e. The zero-order chi connectivity index (χ0) is 19.2. The quantitative estimate of drug-likeness (QED) is 0.454. The first-order valence-corrected chi connectivity index (χ1v) is 7.67. The van der Waals surface area contributed by atoms with Crippen molar-refractivity contribution in [3.8, 4) is 0 Å². The van der Waals surface area contributed by atoms with Crippen LogP contribution in [0.25, 0.3) is 0 Å². The number of halogens is 5. The normalized spacial score (nSPS) is 14.2. The van der Waals surface area contributed by atoms with Gasteiger partial charge < -0.3 is 9.47 Å². The van der Waals surface area contributed by atoms with Crippen LogP contribution in [0.3, 0.4) is 0 Å². The molecule has 0 aromatic rings. The van der Waals surface area contributed by atoms with Gasteiger partial charge in [-0.15, -0.1) is 0 Å². The molecule has 0 rings (SSSR count). The van der Waals surface area contributed by atoms with Gasteiger partial charge in [0.2, 0.25) is 0 Å². The van der Waals surface area contributed by atoms with E-state index in [2.05, 4.69) is 4.74 Å². The molecule has 0 aromatic heterocycles. The highest BCUT2D eigenvalue weighted by Gasteiger charge is 2.58. The summed E-state index contributed by atoms with van der Waals surface area (Å²) in [6.45, 7) is 4.52. The fraction of sp³-hybridized carbons (Fsp3) is 0.867. The number of carbonyl (C=O) groups is 2. The van der Waals surface area contributed by atoms with E-state index in [9.17, 15) is 31.5 Å². The lowest BCUT2D eigenvalue weighted by Gasteiger charge is -2.32. The average Bonchev–Trinajstić information content (AvgIpc) is 2.50. The topological polar surface area (TPSA) is 52.6 Å². The first-order chi connectivity index (χ1) is 10.8. The molecule has 0 amide bonds. The van der Waals surface area contributed by atoms with Crippen molar-refractivity contribution in [2.75, 3.05) is 6.61 Å². The summed E-state index contributed by atoms with van der Waals surface area (Å²) >= 11 is 0. The predicted molar refractivity (Wildman–Crippen MR) is 75.4 cm³/mol. The van der Waals surface area contributed by atoms with Crippen LogP contribution in [-0.2, 0) is 19.1 Å². The lowest BCUT2D eigenvalue weighted by atomic mass is 9.92. The molecule has 0 aliphatic heterocycles. The summed E-state index contributed by atoms with van der Waals surface area (Å²) in [7, 11) is 0. The van der Waals surface area contributed by atoms with Gasteiger partial charge in [-0.05, 0) is 19.3 Å². The molecule has 0 saturated carbocycles. The van der Waals surface area contributed by atoms with E-state index in [1.807, 2.05) is 0 Å². The Hall–Kier alpha value is -1.41. The second kappa shape index (κ2) is 8.62. The van der Waals surface area contributed by atoms with Gasteiger partial charge in [-0.25, -0.2) is 0 Å². The van der Waals surface area contributed by atoms with Crippen molar-refractivity contribution < 1.29 is 41.0 Å². The smallest absolute Gasteiger partial charge is 0.456 e. The number of alkyl halides is 5. The molecule has 0 saturated heterocycles. The summed E-state index contributed by atoms with van der Waals surface area (Å²) in [5.74, 6) is -7.39. The van der Waals surface area contributed by atoms with Crippen molar-refractivity contribution in [3.63, 3.8) is 0 Å². The highest BCUT2D eigenvalue weighted by Crippen LogP contribution is 2.36. The largest absolute Gasteiger partial charge is 0.459 e. The molecular weight excluding hydrogens is 339 g/mol. The molecule has 0 N–H and O–H groups in total. The highest BCUT2D eigenvalue weighted by atomic mass is 19.4. The second-order valence-corrected chi connectivity index (χ2v) is 5.66. The average molecular weight is 362 g/mol. The number of ether oxygens (including phenoxy) is 2. The number of hydrogen-bond donors (Lipinski definition) is 0. The Morgan fingerprint density at radius 1 is 1.00 bits per heavy atom. The Morgan fingerprint density at radius 3 is 1.88 bits per heavy atom. The maximum atomic E-state index is 12.8. The molecule has 142 valence electrons. The zero-order valence-corrected chi connectivity index (χ0v) is 14.1. The third-order valence-electron chi connectivity index (χ3n) is 3.92. The molecule has 0 spiro atoms. The van der Waals surface area contributed by atoms with Crippen molar-refractivity contribution in [2.45, 2.75) is 71.1 Å². The van der Waals surface area contributed by atoms with Crippen LogP contribution in [-0.4, -0.2) is 36.2 Å². The molecule has 0 aromatic carbocycles. The van der Waals surface area contributed by atoms with E-state index in [4.69, 9.17) is 4.74 Å². The lowest BCUT2D eigenvalue weighted by molar-refractivity contribution is -0.294. The van der Waals surface area contributed by atoms with Crippen LogP contribution in [0.4, 0.5) is 22.0 Å². The van der Waals surface area contributed by atoms with Gasteiger partial charge in [-0.1, -0.05) is 27.7 Å². The van der Waals surface area contributed by atoms with Gasteiger partial charge in [0.15, 0.2) is 6.61 Å². The number of esters is 2. The van der Waals surface area contributed by atoms with Crippen LogP contribution in [0.5, 0.6) is 0 Å². The molecule has 0 heterocycles. The Labute approximate surface area is 137 Å². The Bertz CT molecular complexity index is 430. The summed E-state index contributed by atoms with van der Waals surface area (Å²) in [5.41, 5.74) is -1.29. The molecule has 24 heavy (non-hydrogen) atoms. The van der Waals surface area contributed by atoms with Gasteiger partial charge >= 0.3 is 24.0 Å². The molecule has 1 unspecified atom stereocenters. The minimum atomic E-state index is -5.80. The van der Waals surface area contributed by atoms with Crippen molar-refractivity contribution in [3.05, 3.63) is 0 Å². The van der Waals surface area contributed by atoms with E-state index in [1.54, 1.807) is 27.7 Å². The first kappa shape index (κ1) is 22.6. The molecule has 9 heteroatoms. The molecule has 4 nitrogen and oxygen atoms in total. The Balaban J connectivity index is 4.89. The molecule has 0 bridgehead atoms. The van der Waals surface area contributed by atoms with Crippen LogP contribution in [0.1, 0.15) is 53.4 Å². The molecule has 0 radical (unpaired) electrons. The maximum Gasteiger partial charge on any atom is 0.456 e. The first-order valence-electron chi connectivity index (χ1n) is 7.67. The van der Waals surface area contributed by atoms with Gasteiger partial charge in [0.05, 0.1) is 12.3 Å². The SMILES string of the molecule is CCC(C)C(=O)OC(CC)(CC)CC(=O)OCC(F)(F)C(F)(F)F. The molecule has 1 atom stereocenters. The third kappa shape index (κ3) is 6.24. The van der Waals surface area contributed by atoms with Gasteiger partial charge in [0, 0.05) is 0 Å². The number of hydrogen-bond acceptors (Lipinski definition) is 4. The van der Waals surface area contributed by atoms with Gasteiger partial charge in [-0.3, -0.25) is 9.59 Å². The van der Waals surface area contributed by atoms with Crippen LogP contribution >= 0.6 is 0 Å². The van der Waals surface area contributed by atoms with Gasteiger partial charge in [0.25, 0.3) is 0 Å². The summed E-state index contributed by atoms with van der Waals surface area (Å²) in [6.07, 6.45) is -5.50. The zero-order valence-electron chi connectivity index (χ0n) is 14.1. The lowest BCUT2D eigenvalue weighted by Crippen LogP contribution is -2.43. The molecule has 0 aliphatic rings. The minimum absolute atomic E-state index is 0.191. The van der Waals surface area contributed by atoms with E-state index in [0.29, 0.717) is 6.42 Å². The van der Waals surface area contributed by atoms with Crippen LogP contribution < -0.4 is 0 Å². The van der Waals surface area contributed by atoms with Crippen LogP contribution in [0.2, 0.25) is 0 Å². The predicted octanol–water partition coefficient (Wildman–Crippen LogP) is 4.27. The third-order valence-corrected chi connectivity index (χ3v) is 3.92. The number of rotatable bonds is 9. The van der Waals surface area contributed by atoms with Gasteiger partial charge in [0.1, 0.15) is 5.60 Å². The summed E-state index contributed by atoms with van der Waals surface area (Å²) in [6, 6.07) is 0. The van der Waals surface area contributed by atoms with E-state index in [-0.39, 0.29) is 12.8 Å². The molecule has 0 aliphatic carbocycles.